The second kappa shape index (κ2) is 13.8. The molecular formula is C48H36Cl4N4O4S4. The molecule has 5 aliphatic rings. The number of benzene rings is 2. The van der Waals surface area contributed by atoms with Gasteiger partial charge in [-0.1, -0.05) is 24.3 Å². The Labute approximate surface area is 404 Å². The second-order valence-corrected chi connectivity index (χ2v) is 23.8. The molecule has 0 saturated heterocycles. The van der Waals surface area contributed by atoms with Crippen LogP contribution < -0.4 is 0 Å². The Hall–Kier alpha value is -3.08. The number of halogens is 4. The van der Waals surface area contributed by atoms with Gasteiger partial charge in [-0.2, -0.15) is 0 Å². The topological polar surface area (TPSA) is 88.5 Å². The molecule has 324 valence electrons. The minimum atomic E-state index is -1.54. The van der Waals surface area contributed by atoms with Gasteiger partial charge in [0.1, 0.15) is 19.5 Å². The number of aromatic nitrogens is 4. The fraction of sp³-hybridized carbons (Fsp3) is 0.333. The fourth-order valence-electron chi connectivity index (χ4n) is 12.7. The largest absolute Gasteiger partial charge is 0.349 e. The molecule has 64 heavy (non-hydrogen) atoms. The highest BCUT2D eigenvalue weighted by Gasteiger charge is 2.91. The number of methoxy groups -OCH3 is 4. The Morgan fingerprint density at radius 1 is 0.438 bits per heavy atom. The zero-order valence-corrected chi connectivity index (χ0v) is 40.8. The molecule has 3 fully saturated rings. The number of nitrogens with zero attached hydrogens (tertiary/aromatic N) is 4. The van der Waals surface area contributed by atoms with E-state index in [1.54, 1.807) is 73.8 Å². The molecule has 0 amide bonds. The lowest BCUT2D eigenvalue weighted by Gasteiger charge is -2.49. The molecule has 3 saturated carbocycles. The molecule has 0 spiro atoms. The lowest BCUT2D eigenvalue weighted by atomic mass is 9.59. The number of alkyl halides is 4. The summed E-state index contributed by atoms with van der Waals surface area (Å²) < 4.78 is 25.9. The standard InChI is InChI=1S/C48H36Cl4N4O4S4/c1-57-47(58-2)43(49)25-21-28-26(22-27(25)45(47,51)41-39(43)53-29-11-9-23(19-31(29)55-41)33-13-15-37(63-33)35-7-5-17-61-35)44(50)40-42(46(28,52)48(44,59-3)60-4)56-32-20-24(10-12-30(32)54-40)34-14-16-38(64-34)36-8-6-18-62-36/h5-20,25-28H,21-22H2,1-4H3/t25-,26-,27+,28+,43-,44-,45+,46+/m1/s1. The van der Waals surface area contributed by atoms with Crippen LogP contribution in [0.2, 0.25) is 0 Å². The van der Waals surface area contributed by atoms with E-state index in [9.17, 15) is 0 Å². The first kappa shape index (κ1) is 41.1. The SMILES string of the molecule is COC1(OC)[C@@]2(Cl)c3nc4cc(-c5ccc(-c6cccs6)s5)ccc4nc3[C@]1(Cl)[C@@H]1C[C@H]3[C@@H](C[C@@H]12)[C@@]1(Cl)c2nc4ccc(-c5ccc(-c6cccs6)s5)cc4nc2[C@]3(Cl)C1(OC)OC. The van der Waals surface area contributed by atoms with Crippen LogP contribution in [0.5, 0.6) is 0 Å². The minimum absolute atomic E-state index is 0.338. The van der Waals surface area contributed by atoms with Crippen molar-refractivity contribution in [3.63, 3.8) is 0 Å². The summed E-state index contributed by atoms with van der Waals surface area (Å²) in [6, 6.07) is 29.4. The van der Waals surface area contributed by atoms with Crippen molar-refractivity contribution in [2.45, 2.75) is 43.9 Å². The first-order valence-electron chi connectivity index (χ1n) is 20.9. The van der Waals surface area contributed by atoms with E-state index in [1.807, 2.05) is 12.1 Å². The molecule has 0 N–H and O–H groups in total. The Morgan fingerprint density at radius 2 is 0.781 bits per heavy atom. The maximum absolute atomic E-state index is 8.22. The number of hydrogen-bond acceptors (Lipinski definition) is 12. The van der Waals surface area contributed by atoms with Gasteiger partial charge in [0.25, 0.3) is 0 Å². The van der Waals surface area contributed by atoms with Crippen LogP contribution in [0.4, 0.5) is 0 Å². The predicted molar refractivity (Wildman–Crippen MR) is 259 cm³/mol. The number of thiophene rings is 4. The van der Waals surface area contributed by atoms with Gasteiger partial charge in [-0.25, -0.2) is 19.9 Å². The predicted octanol–water partition coefficient (Wildman–Crippen LogP) is 13.2. The van der Waals surface area contributed by atoms with Crippen LogP contribution >= 0.6 is 91.8 Å². The summed E-state index contributed by atoms with van der Waals surface area (Å²) in [4.78, 5) is 23.0. The van der Waals surface area contributed by atoms with E-state index in [2.05, 4.69) is 83.6 Å². The summed E-state index contributed by atoms with van der Waals surface area (Å²) in [5, 5.41) is 4.19. The van der Waals surface area contributed by atoms with Crippen molar-refractivity contribution in [2.24, 2.45) is 23.7 Å². The van der Waals surface area contributed by atoms with Crippen LogP contribution in [0.3, 0.4) is 0 Å². The average Bonchev–Trinajstić information content (AvgIpc) is 4.19. The van der Waals surface area contributed by atoms with E-state index in [0.717, 1.165) is 20.9 Å². The summed E-state index contributed by atoms with van der Waals surface area (Å²) in [5.74, 6) is -4.44. The third-order valence-corrected chi connectivity index (χ3v) is 22.3. The van der Waals surface area contributed by atoms with Crippen LogP contribution in [0.1, 0.15) is 35.6 Å². The molecule has 2 aromatic carbocycles. The van der Waals surface area contributed by atoms with E-state index in [1.165, 1.54) is 19.5 Å². The van der Waals surface area contributed by atoms with Crippen molar-refractivity contribution >= 4 is 114 Å². The highest BCUT2D eigenvalue weighted by Crippen LogP contribution is 2.84. The molecule has 6 aromatic heterocycles. The van der Waals surface area contributed by atoms with Crippen LogP contribution in [0.25, 0.3) is 62.5 Å². The summed E-state index contributed by atoms with van der Waals surface area (Å²) in [6.07, 6.45) is 0.939. The molecule has 6 heterocycles. The molecule has 8 nitrogen and oxygen atoms in total. The molecule has 5 aliphatic carbocycles. The van der Waals surface area contributed by atoms with E-state index < -0.39 is 31.1 Å². The van der Waals surface area contributed by atoms with Gasteiger partial charge in [0, 0.05) is 57.7 Å². The maximum atomic E-state index is 8.22. The summed E-state index contributed by atoms with van der Waals surface area (Å²) in [5.41, 5.74) is 7.08. The average molecular weight is 1000 g/mol. The number of fused-ring (bicyclic) bond motifs is 18. The quantitative estimate of drug-likeness (QED) is 0.110. The van der Waals surface area contributed by atoms with Crippen molar-refractivity contribution in [3.05, 3.63) is 118 Å². The lowest BCUT2D eigenvalue weighted by Crippen LogP contribution is -2.54. The highest BCUT2D eigenvalue weighted by molar-refractivity contribution is 7.23. The van der Waals surface area contributed by atoms with Crippen LogP contribution in [0, 0.1) is 23.7 Å². The Bertz CT molecular complexity index is 3010. The van der Waals surface area contributed by atoms with Gasteiger partial charge in [0.15, 0.2) is 0 Å². The number of hydrogen-bond donors (Lipinski definition) is 0. The first-order chi connectivity index (χ1) is 30.9. The van der Waals surface area contributed by atoms with Gasteiger partial charge in [-0.3, -0.25) is 0 Å². The van der Waals surface area contributed by atoms with Crippen LogP contribution in [0.15, 0.2) is 95.7 Å². The molecular weight excluding hydrogens is 967 g/mol. The third kappa shape index (κ3) is 4.62. The van der Waals surface area contributed by atoms with E-state index in [4.69, 9.17) is 85.3 Å². The van der Waals surface area contributed by atoms with E-state index >= 15 is 0 Å². The summed E-state index contributed by atoms with van der Waals surface area (Å²) in [7, 11) is 6.39. The monoisotopic (exact) mass is 1000 g/mol. The number of ether oxygens (including phenoxy) is 4. The molecule has 0 radical (unpaired) electrons. The molecule has 8 atom stereocenters. The maximum Gasteiger partial charge on any atom is 0.219 e. The Morgan fingerprint density at radius 3 is 1.11 bits per heavy atom. The smallest absolute Gasteiger partial charge is 0.219 e. The fourth-order valence-corrected chi connectivity index (χ4v) is 19.1. The Balaban J connectivity index is 0.934. The molecule has 8 aromatic rings. The molecule has 16 heteroatoms. The molecule has 0 aliphatic heterocycles. The zero-order valence-electron chi connectivity index (χ0n) is 34.5. The van der Waals surface area contributed by atoms with E-state index in [0.29, 0.717) is 57.7 Å². The lowest BCUT2D eigenvalue weighted by molar-refractivity contribution is -0.241. The Kier molecular flexibility index (Phi) is 8.85. The zero-order chi connectivity index (χ0) is 43.8. The van der Waals surface area contributed by atoms with Gasteiger partial charge in [-0.15, -0.1) is 91.8 Å². The van der Waals surface area contributed by atoms with Gasteiger partial charge >= 0.3 is 0 Å². The van der Waals surface area contributed by atoms with Gasteiger partial charge in [0.05, 0.1) is 44.8 Å². The van der Waals surface area contributed by atoms with Gasteiger partial charge in [-0.05, 0) is 119 Å². The molecule has 13 rings (SSSR count). The molecule has 0 unspecified atom stereocenters. The summed E-state index contributed by atoms with van der Waals surface area (Å²) in [6.45, 7) is 0. The minimum Gasteiger partial charge on any atom is -0.349 e. The van der Waals surface area contributed by atoms with Crippen molar-refractivity contribution < 1.29 is 18.9 Å². The van der Waals surface area contributed by atoms with Crippen LogP contribution in [-0.4, -0.2) is 59.9 Å². The molecule has 4 bridgehead atoms. The van der Waals surface area contributed by atoms with Gasteiger partial charge < -0.3 is 18.9 Å². The van der Waals surface area contributed by atoms with E-state index in [-0.39, 0.29) is 23.7 Å². The normalized spacial score (nSPS) is 31.1. The second-order valence-electron chi connectivity index (χ2n) is 17.3. The van der Waals surface area contributed by atoms with Crippen molar-refractivity contribution in [1.29, 1.82) is 0 Å². The van der Waals surface area contributed by atoms with Crippen LogP contribution in [-0.2, 0) is 38.4 Å². The van der Waals surface area contributed by atoms with Crippen molar-refractivity contribution in [2.75, 3.05) is 28.4 Å². The van der Waals surface area contributed by atoms with Crippen molar-refractivity contribution in [1.82, 2.24) is 19.9 Å². The number of rotatable bonds is 8. The highest BCUT2D eigenvalue weighted by atomic mass is 35.5. The third-order valence-electron chi connectivity index (χ3n) is 15.1. The first-order valence-corrected chi connectivity index (χ1v) is 25.8. The van der Waals surface area contributed by atoms with Gasteiger partial charge in [0.2, 0.25) is 11.6 Å². The summed E-state index contributed by atoms with van der Waals surface area (Å²) >= 11 is 39.8. The van der Waals surface area contributed by atoms with Crippen molar-refractivity contribution in [3.8, 4) is 40.4 Å².